The fourth-order valence-corrected chi connectivity index (χ4v) is 5.13. The van der Waals surface area contributed by atoms with E-state index in [2.05, 4.69) is 24.1 Å². The molecule has 0 spiro atoms. The maximum absolute atomic E-state index is 3.92. The average Bonchev–Trinajstić information content (AvgIpc) is 2.95. The van der Waals surface area contributed by atoms with Crippen LogP contribution in [0.5, 0.6) is 0 Å². The topological polar surface area (TPSA) is 15.3 Å². The van der Waals surface area contributed by atoms with E-state index in [4.69, 9.17) is 0 Å². The lowest BCUT2D eigenvalue weighted by atomic mass is 9.81. The minimum atomic E-state index is 0.510. The number of hydrogen-bond donors (Lipinski definition) is 1. The van der Waals surface area contributed by atoms with Crippen molar-refractivity contribution in [3.05, 3.63) is 0 Å². The molecule has 3 fully saturated rings. The SMILES string of the molecule is CCC1CNC(C2CCCCC2)CN1C1(C)CCCC1. The maximum atomic E-state index is 3.92. The molecule has 116 valence electrons. The Hall–Kier alpha value is -0.0800. The van der Waals surface area contributed by atoms with Crippen LogP contribution in [0.25, 0.3) is 0 Å². The first kappa shape index (κ1) is 14.8. The van der Waals surface area contributed by atoms with E-state index in [1.807, 2.05) is 0 Å². The summed E-state index contributed by atoms with van der Waals surface area (Å²) in [5.74, 6) is 0.953. The molecule has 2 aliphatic carbocycles. The van der Waals surface area contributed by atoms with Gasteiger partial charge in [0.2, 0.25) is 0 Å². The van der Waals surface area contributed by atoms with Gasteiger partial charge < -0.3 is 5.32 Å². The molecule has 1 N–H and O–H groups in total. The molecule has 0 bridgehead atoms. The van der Waals surface area contributed by atoms with Crippen molar-refractivity contribution in [2.45, 2.75) is 95.7 Å². The lowest BCUT2D eigenvalue weighted by molar-refractivity contribution is 0.00702. The molecule has 0 aromatic rings. The summed E-state index contributed by atoms with van der Waals surface area (Å²) in [6.45, 7) is 7.47. The highest BCUT2D eigenvalue weighted by Crippen LogP contribution is 2.39. The smallest absolute Gasteiger partial charge is 0.0224 e. The van der Waals surface area contributed by atoms with Crippen molar-refractivity contribution in [3.63, 3.8) is 0 Å². The molecule has 3 rings (SSSR count). The Kier molecular flexibility index (Phi) is 4.72. The van der Waals surface area contributed by atoms with E-state index < -0.39 is 0 Å². The number of piperazine rings is 1. The second-order valence-corrected chi connectivity index (χ2v) is 7.83. The van der Waals surface area contributed by atoms with E-state index in [-0.39, 0.29) is 0 Å². The number of nitrogens with one attached hydrogen (secondary N) is 1. The van der Waals surface area contributed by atoms with Gasteiger partial charge in [-0.05, 0) is 44.9 Å². The van der Waals surface area contributed by atoms with Crippen LogP contribution >= 0.6 is 0 Å². The van der Waals surface area contributed by atoms with Crippen LogP contribution in [-0.2, 0) is 0 Å². The summed E-state index contributed by atoms with van der Waals surface area (Å²) in [7, 11) is 0. The van der Waals surface area contributed by atoms with Crippen LogP contribution in [0, 0.1) is 5.92 Å². The van der Waals surface area contributed by atoms with Gasteiger partial charge in [-0.2, -0.15) is 0 Å². The van der Waals surface area contributed by atoms with E-state index in [9.17, 15) is 0 Å². The van der Waals surface area contributed by atoms with Gasteiger partial charge in [0, 0.05) is 30.7 Å². The molecular weight excluding hydrogens is 244 g/mol. The fraction of sp³-hybridized carbons (Fsp3) is 1.00. The Morgan fingerprint density at radius 1 is 1.05 bits per heavy atom. The third-order valence-electron chi connectivity index (χ3n) is 6.51. The van der Waals surface area contributed by atoms with Crippen LogP contribution in [0.3, 0.4) is 0 Å². The average molecular weight is 278 g/mol. The summed E-state index contributed by atoms with van der Waals surface area (Å²) in [5, 5.41) is 3.92. The van der Waals surface area contributed by atoms with Crippen LogP contribution in [0.1, 0.15) is 78.1 Å². The standard InChI is InChI=1S/C18H34N2/c1-3-16-13-19-17(15-9-5-4-6-10-15)14-20(16)18(2)11-7-8-12-18/h15-17,19H,3-14H2,1-2H3. The van der Waals surface area contributed by atoms with Crippen LogP contribution in [-0.4, -0.2) is 35.6 Å². The summed E-state index contributed by atoms with van der Waals surface area (Å²) in [6.07, 6.45) is 14.4. The zero-order valence-corrected chi connectivity index (χ0v) is 13.7. The summed E-state index contributed by atoms with van der Waals surface area (Å²) in [4.78, 5) is 2.93. The zero-order valence-electron chi connectivity index (χ0n) is 13.7. The van der Waals surface area contributed by atoms with Crippen molar-refractivity contribution >= 4 is 0 Å². The van der Waals surface area contributed by atoms with Crippen molar-refractivity contribution in [1.82, 2.24) is 10.2 Å². The molecule has 0 amide bonds. The van der Waals surface area contributed by atoms with Gasteiger partial charge in [0.25, 0.3) is 0 Å². The highest BCUT2D eigenvalue weighted by atomic mass is 15.3. The monoisotopic (exact) mass is 278 g/mol. The molecule has 2 heteroatoms. The highest BCUT2D eigenvalue weighted by Gasteiger charge is 2.42. The molecule has 1 heterocycles. The van der Waals surface area contributed by atoms with E-state index in [1.54, 1.807) is 0 Å². The number of hydrogen-bond acceptors (Lipinski definition) is 2. The second-order valence-electron chi connectivity index (χ2n) is 7.83. The Balaban J connectivity index is 1.68. The van der Waals surface area contributed by atoms with Gasteiger partial charge in [-0.15, -0.1) is 0 Å². The van der Waals surface area contributed by atoms with Crippen LogP contribution in [0.4, 0.5) is 0 Å². The van der Waals surface area contributed by atoms with Gasteiger partial charge in [-0.25, -0.2) is 0 Å². The van der Waals surface area contributed by atoms with E-state index in [1.165, 1.54) is 77.3 Å². The normalized spacial score (nSPS) is 36.3. The van der Waals surface area contributed by atoms with Crippen molar-refractivity contribution in [2.24, 2.45) is 5.92 Å². The third kappa shape index (κ3) is 2.92. The predicted octanol–water partition coefficient (Wildman–Crippen LogP) is 3.95. The molecule has 2 nitrogen and oxygen atoms in total. The van der Waals surface area contributed by atoms with Crippen molar-refractivity contribution in [2.75, 3.05) is 13.1 Å². The number of rotatable bonds is 3. The van der Waals surface area contributed by atoms with Crippen LogP contribution < -0.4 is 5.32 Å². The van der Waals surface area contributed by atoms with Gasteiger partial charge >= 0.3 is 0 Å². The summed E-state index contributed by atoms with van der Waals surface area (Å²) in [5.41, 5.74) is 0.510. The van der Waals surface area contributed by atoms with Crippen molar-refractivity contribution in [3.8, 4) is 0 Å². The Labute approximate surface area is 125 Å². The molecule has 2 unspecified atom stereocenters. The Bertz CT molecular complexity index is 303. The predicted molar refractivity (Wildman–Crippen MR) is 86.0 cm³/mol. The summed E-state index contributed by atoms with van der Waals surface area (Å²) >= 11 is 0. The molecule has 1 aliphatic heterocycles. The van der Waals surface area contributed by atoms with Gasteiger partial charge in [-0.1, -0.05) is 39.0 Å². The molecule has 0 aromatic carbocycles. The van der Waals surface area contributed by atoms with E-state index >= 15 is 0 Å². The lowest BCUT2D eigenvalue weighted by Gasteiger charge is -2.51. The first-order valence-electron chi connectivity index (χ1n) is 9.23. The van der Waals surface area contributed by atoms with Gasteiger partial charge in [0.1, 0.15) is 0 Å². The fourth-order valence-electron chi connectivity index (χ4n) is 5.13. The lowest BCUT2D eigenvalue weighted by Crippen LogP contribution is -2.64. The Morgan fingerprint density at radius 3 is 2.40 bits per heavy atom. The number of nitrogens with zero attached hydrogens (tertiary/aromatic N) is 1. The first-order chi connectivity index (χ1) is 9.73. The highest BCUT2D eigenvalue weighted by molar-refractivity contribution is 4.99. The minimum Gasteiger partial charge on any atom is -0.311 e. The largest absolute Gasteiger partial charge is 0.311 e. The molecule has 1 saturated heterocycles. The third-order valence-corrected chi connectivity index (χ3v) is 6.51. The maximum Gasteiger partial charge on any atom is 0.0224 e. The first-order valence-corrected chi connectivity index (χ1v) is 9.23. The van der Waals surface area contributed by atoms with Gasteiger partial charge in [0.05, 0.1) is 0 Å². The van der Waals surface area contributed by atoms with Crippen LogP contribution in [0.2, 0.25) is 0 Å². The Morgan fingerprint density at radius 2 is 1.75 bits per heavy atom. The van der Waals surface area contributed by atoms with Crippen molar-refractivity contribution in [1.29, 1.82) is 0 Å². The van der Waals surface area contributed by atoms with Crippen molar-refractivity contribution < 1.29 is 0 Å². The molecule has 2 atom stereocenters. The van der Waals surface area contributed by atoms with Gasteiger partial charge in [-0.3, -0.25) is 4.90 Å². The minimum absolute atomic E-state index is 0.510. The molecular formula is C18H34N2. The molecule has 3 aliphatic rings. The summed E-state index contributed by atoms with van der Waals surface area (Å²) in [6, 6.07) is 1.55. The van der Waals surface area contributed by atoms with E-state index in [0.717, 1.165) is 18.0 Å². The summed E-state index contributed by atoms with van der Waals surface area (Å²) < 4.78 is 0. The molecule has 0 aromatic heterocycles. The molecule has 2 saturated carbocycles. The van der Waals surface area contributed by atoms with Gasteiger partial charge in [0.15, 0.2) is 0 Å². The van der Waals surface area contributed by atoms with Crippen LogP contribution in [0.15, 0.2) is 0 Å². The molecule has 20 heavy (non-hydrogen) atoms. The quantitative estimate of drug-likeness (QED) is 0.841. The zero-order chi connectivity index (χ0) is 14.0. The van der Waals surface area contributed by atoms with E-state index in [0.29, 0.717) is 5.54 Å². The molecule has 0 radical (unpaired) electrons. The second kappa shape index (κ2) is 6.36.